The van der Waals surface area contributed by atoms with Crippen molar-refractivity contribution in [3.05, 3.63) is 18.3 Å². The number of anilines is 2. The number of nitrogens with one attached hydrogen (secondary N) is 1. The Kier molecular flexibility index (Phi) is 2.37. The summed E-state index contributed by atoms with van der Waals surface area (Å²) in [6.07, 6.45) is 1.74. The zero-order valence-corrected chi connectivity index (χ0v) is 10.5. The molecule has 0 amide bonds. The van der Waals surface area contributed by atoms with Crippen LogP contribution in [0.4, 0.5) is 11.5 Å². The summed E-state index contributed by atoms with van der Waals surface area (Å²) in [5, 5.41) is 3.44. The van der Waals surface area contributed by atoms with E-state index in [2.05, 4.69) is 38.0 Å². The van der Waals surface area contributed by atoms with Gasteiger partial charge in [-0.15, -0.1) is 0 Å². The van der Waals surface area contributed by atoms with E-state index in [1.54, 1.807) is 6.20 Å². The second-order valence-electron chi connectivity index (χ2n) is 5.85. The molecule has 1 fully saturated rings. The van der Waals surface area contributed by atoms with E-state index in [1.807, 2.05) is 12.1 Å². The van der Waals surface area contributed by atoms with Crippen LogP contribution in [-0.2, 0) is 0 Å². The fourth-order valence-electron chi connectivity index (χ4n) is 2.62. The summed E-state index contributed by atoms with van der Waals surface area (Å²) in [5.41, 5.74) is 7.56. The summed E-state index contributed by atoms with van der Waals surface area (Å²) in [7, 11) is 0. The van der Waals surface area contributed by atoms with Crippen LogP contribution in [0.5, 0.6) is 0 Å². The summed E-state index contributed by atoms with van der Waals surface area (Å²) >= 11 is 0. The van der Waals surface area contributed by atoms with Crippen molar-refractivity contribution in [3.63, 3.8) is 0 Å². The van der Waals surface area contributed by atoms with Crippen LogP contribution < -0.4 is 11.1 Å². The van der Waals surface area contributed by atoms with E-state index in [0.717, 1.165) is 18.2 Å². The van der Waals surface area contributed by atoms with Crippen molar-refractivity contribution in [2.75, 3.05) is 17.6 Å². The first kappa shape index (κ1) is 11.2. The van der Waals surface area contributed by atoms with Gasteiger partial charge in [0.15, 0.2) is 0 Å². The van der Waals surface area contributed by atoms with Crippen LogP contribution in [0.25, 0.3) is 0 Å². The van der Waals surface area contributed by atoms with Crippen LogP contribution >= 0.6 is 0 Å². The van der Waals surface area contributed by atoms with Crippen LogP contribution in [-0.4, -0.2) is 11.5 Å². The van der Waals surface area contributed by atoms with Crippen LogP contribution in [0.2, 0.25) is 0 Å². The first-order valence-corrected chi connectivity index (χ1v) is 5.81. The molecule has 0 aliphatic heterocycles. The van der Waals surface area contributed by atoms with E-state index in [9.17, 15) is 0 Å². The predicted octanol–water partition coefficient (Wildman–Crippen LogP) is 2.76. The second kappa shape index (κ2) is 3.37. The lowest BCUT2D eigenvalue weighted by atomic mass is 10.0. The molecule has 1 aliphatic carbocycles. The Morgan fingerprint density at radius 2 is 1.94 bits per heavy atom. The highest BCUT2D eigenvalue weighted by molar-refractivity contribution is 5.49. The van der Waals surface area contributed by atoms with Crippen molar-refractivity contribution in [2.45, 2.75) is 27.7 Å². The second-order valence-corrected chi connectivity index (χ2v) is 5.85. The smallest absolute Gasteiger partial charge is 0.125 e. The van der Waals surface area contributed by atoms with Gasteiger partial charge in [0.25, 0.3) is 0 Å². The topological polar surface area (TPSA) is 50.9 Å². The van der Waals surface area contributed by atoms with Crippen molar-refractivity contribution < 1.29 is 0 Å². The third-order valence-corrected chi connectivity index (χ3v) is 4.61. The zero-order chi connectivity index (χ0) is 12.0. The van der Waals surface area contributed by atoms with Crippen LogP contribution in [0, 0.1) is 16.7 Å². The average molecular weight is 219 g/mol. The lowest BCUT2D eigenvalue weighted by Gasteiger charge is -2.07. The first-order valence-electron chi connectivity index (χ1n) is 5.81. The summed E-state index contributed by atoms with van der Waals surface area (Å²) in [6, 6.07) is 3.83. The fourth-order valence-corrected chi connectivity index (χ4v) is 2.62. The fraction of sp³-hybridized carbons (Fsp3) is 0.615. The molecular formula is C13H21N3. The molecule has 3 heteroatoms. The zero-order valence-electron chi connectivity index (χ0n) is 10.5. The van der Waals surface area contributed by atoms with E-state index in [0.29, 0.717) is 16.6 Å². The average Bonchev–Trinajstić information content (AvgIpc) is 2.55. The summed E-state index contributed by atoms with van der Waals surface area (Å²) in [5.74, 6) is 1.29. The third kappa shape index (κ3) is 1.64. The van der Waals surface area contributed by atoms with Gasteiger partial charge in [0.1, 0.15) is 5.82 Å². The molecule has 88 valence electrons. The SMILES string of the molecule is CC1(C)C(CNc2ccnc(N)c2)C1(C)C. The molecule has 0 unspecified atom stereocenters. The van der Waals surface area contributed by atoms with Crippen LogP contribution in [0.1, 0.15) is 27.7 Å². The van der Waals surface area contributed by atoms with Crippen LogP contribution in [0.15, 0.2) is 18.3 Å². The van der Waals surface area contributed by atoms with E-state index in [-0.39, 0.29) is 0 Å². The number of aromatic nitrogens is 1. The van der Waals surface area contributed by atoms with Gasteiger partial charge in [0.2, 0.25) is 0 Å². The highest BCUT2D eigenvalue weighted by Gasteiger charge is 2.63. The molecule has 0 aromatic carbocycles. The largest absolute Gasteiger partial charge is 0.385 e. The normalized spacial score (nSPS) is 21.8. The van der Waals surface area contributed by atoms with E-state index < -0.39 is 0 Å². The van der Waals surface area contributed by atoms with E-state index in [1.165, 1.54) is 0 Å². The lowest BCUT2D eigenvalue weighted by molar-refractivity contribution is 0.457. The molecule has 0 saturated heterocycles. The van der Waals surface area contributed by atoms with Gasteiger partial charge in [-0.05, 0) is 22.8 Å². The molecule has 0 atom stereocenters. The lowest BCUT2D eigenvalue weighted by Crippen LogP contribution is -2.08. The molecule has 0 radical (unpaired) electrons. The van der Waals surface area contributed by atoms with Crippen molar-refractivity contribution in [1.29, 1.82) is 0 Å². The Labute approximate surface area is 97.5 Å². The number of hydrogen-bond acceptors (Lipinski definition) is 3. The number of rotatable bonds is 3. The number of nitrogens with zero attached hydrogens (tertiary/aromatic N) is 1. The Morgan fingerprint density at radius 1 is 1.31 bits per heavy atom. The summed E-state index contributed by atoms with van der Waals surface area (Å²) in [4.78, 5) is 3.98. The van der Waals surface area contributed by atoms with Crippen molar-refractivity contribution in [1.82, 2.24) is 4.98 Å². The highest BCUT2D eigenvalue weighted by Crippen LogP contribution is 2.68. The molecule has 2 rings (SSSR count). The third-order valence-electron chi connectivity index (χ3n) is 4.61. The molecule has 1 aliphatic rings. The van der Waals surface area contributed by atoms with Gasteiger partial charge in [-0.1, -0.05) is 27.7 Å². The molecular weight excluding hydrogens is 198 g/mol. The molecule has 1 aromatic rings. The van der Waals surface area contributed by atoms with Gasteiger partial charge in [-0.25, -0.2) is 4.98 Å². The van der Waals surface area contributed by atoms with Gasteiger partial charge >= 0.3 is 0 Å². The molecule has 0 spiro atoms. The number of hydrogen-bond donors (Lipinski definition) is 2. The molecule has 0 bridgehead atoms. The maximum atomic E-state index is 5.64. The van der Waals surface area contributed by atoms with Gasteiger partial charge < -0.3 is 11.1 Å². The summed E-state index contributed by atoms with van der Waals surface area (Å²) < 4.78 is 0. The number of nitrogen functional groups attached to an aromatic ring is 1. The number of nitrogens with two attached hydrogens (primary N) is 1. The molecule has 3 nitrogen and oxygen atoms in total. The highest BCUT2D eigenvalue weighted by atomic mass is 14.9. The Balaban J connectivity index is 1.95. The first-order chi connectivity index (χ1) is 7.35. The molecule has 1 aromatic heterocycles. The molecule has 3 N–H and O–H groups in total. The summed E-state index contributed by atoms with van der Waals surface area (Å²) in [6.45, 7) is 10.3. The van der Waals surface area contributed by atoms with Gasteiger partial charge in [0, 0.05) is 24.5 Å². The Morgan fingerprint density at radius 3 is 2.44 bits per heavy atom. The minimum atomic E-state index is 0.429. The van der Waals surface area contributed by atoms with Crippen molar-refractivity contribution in [3.8, 4) is 0 Å². The number of pyridine rings is 1. The van der Waals surface area contributed by atoms with Gasteiger partial charge in [0.05, 0.1) is 0 Å². The predicted molar refractivity (Wildman–Crippen MR) is 68.2 cm³/mol. The minimum Gasteiger partial charge on any atom is -0.385 e. The molecule has 16 heavy (non-hydrogen) atoms. The quantitative estimate of drug-likeness (QED) is 0.822. The standard InChI is InChI=1S/C13H21N3/c1-12(2)10(13(12,3)4)8-16-9-5-6-15-11(14)7-9/h5-7,10H,8H2,1-4H3,(H3,14,15,16). The van der Waals surface area contributed by atoms with Gasteiger partial charge in [-0.3, -0.25) is 0 Å². The van der Waals surface area contributed by atoms with E-state index >= 15 is 0 Å². The maximum absolute atomic E-state index is 5.64. The van der Waals surface area contributed by atoms with Gasteiger partial charge in [-0.2, -0.15) is 0 Å². The van der Waals surface area contributed by atoms with E-state index in [4.69, 9.17) is 5.73 Å². The monoisotopic (exact) mass is 219 g/mol. The molecule has 1 saturated carbocycles. The van der Waals surface area contributed by atoms with Crippen molar-refractivity contribution >= 4 is 11.5 Å². The maximum Gasteiger partial charge on any atom is 0.125 e. The van der Waals surface area contributed by atoms with Crippen LogP contribution in [0.3, 0.4) is 0 Å². The minimum absolute atomic E-state index is 0.429. The Hall–Kier alpha value is -1.25. The van der Waals surface area contributed by atoms with Crippen molar-refractivity contribution in [2.24, 2.45) is 16.7 Å². The Bertz CT molecular complexity index is 382. The molecule has 1 heterocycles.